The highest BCUT2D eigenvalue weighted by Gasteiger charge is 2.22. The summed E-state index contributed by atoms with van der Waals surface area (Å²) in [4.78, 5) is 0. The predicted molar refractivity (Wildman–Crippen MR) is 41.6 cm³/mol. The molecule has 4 heteroatoms. The van der Waals surface area contributed by atoms with E-state index in [0.29, 0.717) is 0 Å². The second-order valence-corrected chi connectivity index (χ2v) is 2.48. The van der Waals surface area contributed by atoms with E-state index < -0.39 is 0 Å². The van der Waals surface area contributed by atoms with Crippen LogP contribution in [0.3, 0.4) is 0 Å². The fourth-order valence-electron chi connectivity index (χ4n) is 1.00. The Morgan fingerprint density at radius 1 is 1.70 bits per heavy atom. The van der Waals surface area contributed by atoms with Crippen LogP contribution in [0.2, 0.25) is 0 Å². The molecular weight excluding hydrogens is 125 g/mol. The highest BCUT2D eigenvalue weighted by Crippen LogP contribution is 2.14. The van der Waals surface area contributed by atoms with Crippen molar-refractivity contribution in [2.24, 2.45) is 0 Å². The maximum atomic E-state index is 8.61. The summed E-state index contributed by atoms with van der Waals surface area (Å²) in [6, 6.07) is 2.10. The van der Waals surface area contributed by atoms with Gasteiger partial charge in [-0.05, 0) is 11.7 Å². The van der Waals surface area contributed by atoms with Crippen LogP contribution in [-0.4, -0.2) is 38.0 Å². The SMILES string of the molecule is BC1=CC(C#N)N(C)N1C. The van der Waals surface area contributed by atoms with E-state index in [1.54, 1.807) is 0 Å². The van der Waals surface area contributed by atoms with Gasteiger partial charge in [-0.15, -0.1) is 0 Å². The van der Waals surface area contributed by atoms with E-state index >= 15 is 0 Å². The average molecular weight is 135 g/mol. The molecule has 10 heavy (non-hydrogen) atoms. The van der Waals surface area contributed by atoms with E-state index in [1.165, 1.54) is 0 Å². The lowest BCUT2D eigenvalue weighted by Crippen LogP contribution is -2.35. The van der Waals surface area contributed by atoms with Gasteiger partial charge in [0.05, 0.1) is 6.07 Å². The number of hydrogen-bond acceptors (Lipinski definition) is 3. The van der Waals surface area contributed by atoms with Crippen molar-refractivity contribution in [3.8, 4) is 6.07 Å². The molecule has 0 saturated carbocycles. The fraction of sp³-hybridized carbons (Fsp3) is 0.500. The first kappa shape index (κ1) is 7.17. The highest BCUT2D eigenvalue weighted by atomic mass is 15.6. The standard InChI is InChI=1S/C6H10BN3/c1-9-5(4-8)3-6(7)10(9)2/h3,5H,7H2,1-2H3. The van der Waals surface area contributed by atoms with E-state index in [4.69, 9.17) is 5.26 Å². The Kier molecular flexibility index (Phi) is 1.69. The Morgan fingerprint density at radius 3 is 2.50 bits per heavy atom. The summed E-state index contributed by atoms with van der Waals surface area (Å²) in [5.41, 5.74) is 1.13. The van der Waals surface area contributed by atoms with Crippen molar-refractivity contribution in [1.29, 1.82) is 5.26 Å². The smallest absolute Gasteiger partial charge is 0.162 e. The van der Waals surface area contributed by atoms with Crippen LogP contribution in [0.4, 0.5) is 0 Å². The third-order valence-electron chi connectivity index (χ3n) is 1.92. The molecular formula is C6H10BN3. The van der Waals surface area contributed by atoms with E-state index in [0.717, 1.165) is 5.60 Å². The molecule has 0 amide bonds. The van der Waals surface area contributed by atoms with Crippen molar-refractivity contribution in [2.45, 2.75) is 6.04 Å². The third-order valence-corrected chi connectivity index (χ3v) is 1.92. The predicted octanol–water partition coefficient (Wildman–Crippen LogP) is -0.855. The van der Waals surface area contributed by atoms with E-state index in [-0.39, 0.29) is 6.04 Å². The first-order valence-electron chi connectivity index (χ1n) is 3.21. The van der Waals surface area contributed by atoms with Gasteiger partial charge in [-0.3, -0.25) is 0 Å². The van der Waals surface area contributed by atoms with Crippen LogP contribution in [0.25, 0.3) is 0 Å². The van der Waals surface area contributed by atoms with Gasteiger partial charge in [0.25, 0.3) is 0 Å². The summed E-state index contributed by atoms with van der Waals surface area (Å²) in [5, 5.41) is 12.5. The van der Waals surface area contributed by atoms with Crippen LogP contribution in [-0.2, 0) is 0 Å². The maximum Gasteiger partial charge on any atom is 0.162 e. The molecule has 1 unspecified atom stereocenters. The summed E-state index contributed by atoms with van der Waals surface area (Å²) in [6.07, 6.45) is 1.94. The van der Waals surface area contributed by atoms with Crippen LogP contribution >= 0.6 is 0 Å². The molecule has 0 aromatic heterocycles. The maximum absolute atomic E-state index is 8.61. The van der Waals surface area contributed by atoms with Gasteiger partial charge in [0, 0.05) is 14.1 Å². The lowest BCUT2D eigenvalue weighted by molar-refractivity contribution is 0.0888. The summed E-state index contributed by atoms with van der Waals surface area (Å²) in [7, 11) is 5.85. The summed E-state index contributed by atoms with van der Waals surface area (Å²) >= 11 is 0. The molecule has 0 aliphatic carbocycles. The van der Waals surface area contributed by atoms with Gasteiger partial charge >= 0.3 is 0 Å². The lowest BCUT2D eigenvalue weighted by Gasteiger charge is -2.25. The van der Waals surface area contributed by atoms with Gasteiger partial charge in [0.1, 0.15) is 6.04 Å². The Morgan fingerprint density at radius 2 is 2.30 bits per heavy atom. The molecule has 0 aromatic rings. The molecule has 0 saturated heterocycles. The van der Waals surface area contributed by atoms with Gasteiger partial charge < -0.3 is 5.01 Å². The second kappa shape index (κ2) is 2.35. The van der Waals surface area contributed by atoms with Crippen LogP contribution in [0.1, 0.15) is 0 Å². The largest absolute Gasteiger partial charge is 0.322 e. The molecule has 0 N–H and O–H groups in total. The molecule has 1 aliphatic rings. The number of likely N-dealkylation sites (N-methyl/N-ethyl adjacent to an activating group) is 1. The second-order valence-electron chi connectivity index (χ2n) is 2.48. The first-order valence-corrected chi connectivity index (χ1v) is 3.21. The molecule has 1 rings (SSSR count). The minimum Gasteiger partial charge on any atom is -0.322 e. The Balaban J connectivity index is 2.78. The molecule has 52 valence electrons. The zero-order valence-electron chi connectivity index (χ0n) is 6.50. The molecule has 1 atom stereocenters. The summed E-state index contributed by atoms with van der Waals surface area (Å²) < 4.78 is 0. The summed E-state index contributed by atoms with van der Waals surface area (Å²) in [6.45, 7) is 0. The van der Waals surface area contributed by atoms with Crippen molar-refractivity contribution in [3.63, 3.8) is 0 Å². The number of rotatable bonds is 0. The number of nitrogens with zero attached hydrogens (tertiary/aromatic N) is 3. The van der Waals surface area contributed by atoms with E-state index in [2.05, 4.69) is 6.07 Å². The quantitative estimate of drug-likeness (QED) is 0.405. The molecule has 0 aromatic carbocycles. The fourth-order valence-corrected chi connectivity index (χ4v) is 1.00. The molecule has 1 heterocycles. The minimum absolute atomic E-state index is 0.0787. The average Bonchev–Trinajstić information content (AvgIpc) is 2.17. The molecule has 1 aliphatic heterocycles. The van der Waals surface area contributed by atoms with Crippen molar-refractivity contribution >= 4 is 7.85 Å². The van der Waals surface area contributed by atoms with Gasteiger partial charge in [-0.2, -0.15) is 5.26 Å². The Labute approximate surface area is 61.9 Å². The van der Waals surface area contributed by atoms with Gasteiger partial charge in [-0.25, -0.2) is 5.01 Å². The van der Waals surface area contributed by atoms with Crippen molar-refractivity contribution in [3.05, 3.63) is 11.7 Å². The van der Waals surface area contributed by atoms with Crippen molar-refractivity contribution in [2.75, 3.05) is 14.1 Å². The van der Waals surface area contributed by atoms with Crippen LogP contribution in [0, 0.1) is 11.3 Å². The zero-order chi connectivity index (χ0) is 7.72. The van der Waals surface area contributed by atoms with Gasteiger partial charge in [0.2, 0.25) is 0 Å². The number of nitriles is 1. The van der Waals surface area contributed by atoms with Crippen LogP contribution in [0.5, 0.6) is 0 Å². The molecule has 0 radical (unpaired) electrons. The summed E-state index contributed by atoms with van der Waals surface area (Å²) in [5.74, 6) is 0. The monoisotopic (exact) mass is 135 g/mol. The number of hydrogen-bond donors (Lipinski definition) is 0. The first-order chi connectivity index (χ1) is 4.66. The van der Waals surface area contributed by atoms with Crippen molar-refractivity contribution in [1.82, 2.24) is 10.0 Å². The van der Waals surface area contributed by atoms with Crippen LogP contribution < -0.4 is 0 Å². The van der Waals surface area contributed by atoms with Gasteiger partial charge in [0.15, 0.2) is 7.85 Å². The minimum atomic E-state index is -0.0787. The normalized spacial score (nSPS) is 26.3. The van der Waals surface area contributed by atoms with Crippen LogP contribution in [0.15, 0.2) is 11.7 Å². The molecule has 3 nitrogen and oxygen atoms in total. The highest BCUT2D eigenvalue weighted by molar-refractivity contribution is 6.21. The van der Waals surface area contributed by atoms with Gasteiger partial charge in [-0.1, -0.05) is 0 Å². The Hall–Kier alpha value is -0.945. The topological polar surface area (TPSA) is 30.3 Å². The van der Waals surface area contributed by atoms with Crippen molar-refractivity contribution < 1.29 is 0 Å². The number of hydrazine groups is 1. The molecule has 0 spiro atoms. The van der Waals surface area contributed by atoms with E-state index in [9.17, 15) is 0 Å². The molecule has 0 bridgehead atoms. The van der Waals surface area contributed by atoms with E-state index in [1.807, 2.05) is 38.0 Å². The third kappa shape index (κ3) is 0.889. The molecule has 0 fully saturated rings. The zero-order valence-corrected chi connectivity index (χ0v) is 6.50. The Bertz CT molecular complexity index is 206. The lowest BCUT2D eigenvalue weighted by atomic mass is 10.0.